The molecular weight excluding hydrogens is 398 g/mol. The molecule has 5 heteroatoms. The molecule has 2 aromatic carbocycles. The molecule has 2 aromatic rings. The number of nitrogens with zero attached hydrogens (tertiary/aromatic N) is 3. The Kier molecular flexibility index (Phi) is 5.76. The lowest BCUT2D eigenvalue weighted by atomic mass is 10.0. The molecule has 0 radical (unpaired) electrons. The molecule has 6 rings (SSSR count). The third-order valence-corrected chi connectivity index (χ3v) is 7.48. The van der Waals surface area contributed by atoms with Gasteiger partial charge in [-0.1, -0.05) is 65.8 Å². The lowest BCUT2D eigenvalue weighted by Crippen LogP contribution is -2.27. The minimum atomic E-state index is -0.315. The van der Waals surface area contributed by atoms with E-state index in [0.717, 1.165) is 36.1 Å². The van der Waals surface area contributed by atoms with Crippen LogP contribution >= 0.6 is 0 Å². The van der Waals surface area contributed by atoms with Gasteiger partial charge >= 0.3 is 0 Å². The van der Waals surface area contributed by atoms with Crippen LogP contribution in [0.5, 0.6) is 0 Å². The molecule has 4 fully saturated rings. The normalized spacial score (nSPS) is 23.5. The van der Waals surface area contributed by atoms with Gasteiger partial charge in [-0.3, -0.25) is 9.69 Å². The number of benzene rings is 2. The lowest BCUT2D eigenvalue weighted by molar-refractivity contribution is -0.132. The van der Waals surface area contributed by atoms with Crippen molar-refractivity contribution in [3.05, 3.63) is 71.8 Å². The highest BCUT2D eigenvalue weighted by atomic mass is 16.6. The van der Waals surface area contributed by atoms with E-state index in [4.69, 9.17) is 4.84 Å². The number of carbonyl (C=O) groups excluding carboxylic acids is 1. The molecule has 0 atom stereocenters. The van der Waals surface area contributed by atoms with Crippen molar-refractivity contribution >= 4 is 11.6 Å². The zero-order valence-corrected chi connectivity index (χ0v) is 19.0. The Bertz CT molecular complexity index is 965. The highest BCUT2D eigenvalue weighted by molar-refractivity contribution is 6.17. The Labute approximate surface area is 191 Å². The van der Waals surface area contributed by atoms with E-state index in [0.29, 0.717) is 13.1 Å². The van der Waals surface area contributed by atoms with Gasteiger partial charge in [0, 0.05) is 19.6 Å². The second-order valence-electron chi connectivity index (χ2n) is 9.90. The zero-order valence-electron chi connectivity index (χ0n) is 19.0. The van der Waals surface area contributed by atoms with Crippen LogP contribution in [-0.2, 0) is 22.7 Å². The molecule has 0 aromatic heterocycles. The van der Waals surface area contributed by atoms with E-state index < -0.39 is 0 Å². The average Bonchev–Trinajstić information content (AvgIpc) is 3.71. The van der Waals surface area contributed by atoms with Crippen LogP contribution in [0.4, 0.5) is 0 Å². The van der Waals surface area contributed by atoms with Crippen molar-refractivity contribution in [2.75, 3.05) is 26.7 Å². The van der Waals surface area contributed by atoms with E-state index in [2.05, 4.69) is 40.4 Å². The third-order valence-electron chi connectivity index (χ3n) is 7.48. The zero-order chi connectivity index (χ0) is 22.0. The summed E-state index contributed by atoms with van der Waals surface area (Å²) < 4.78 is 0. The van der Waals surface area contributed by atoms with Crippen LogP contribution in [0.2, 0.25) is 0 Å². The van der Waals surface area contributed by atoms with E-state index >= 15 is 0 Å². The number of hydrogen-bond acceptors (Lipinski definition) is 4. The highest BCUT2D eigenvalue weighted by Crippen LogP contribution is 2.53. The van der Waals surface area contributed by atoms with Crippen molar-refractivity contribution in [3.63, 3.8) is 0 Å². The molecule has 0 bridgehead atoms. The van der Waals surface area contributed by atoms with E-state index in [1.54, 1.807) is 0 Å². The molecule has 2 saturated heterocycles. The maximum Gasteiger partial charge on any atom is 0.235 e. The summed E-state index contributed by atoms with van der Waals surface area (Å²) in [7, 11) is 1.54. The average molecular weight is 432 g/mol. The Balaban J connectivity index is 0.000000139. The predicted molar refractivity (Wildman–Crippen MR) is 126 cm³/mol. The van der Waals surface area contributed by atoms with Crippen molar-refractivity contribution in [1.29, 1.82) is 0 Å². The van der Waals surface area contributed by atoms with Gasteiger partial charge in [0.1, 0.15) is 7.11 Å². The van der Waals surface area contributed by atoms with Crippen LogP contribution in [-0.4, -0.2) is 48.2 Å². The van der Waals surface area contributed by atoms with Crippen molar-refractivity contribution in [2.24, 2.45) is 16.0 Å². The molecule has 1 amide bonds. The van der Waals surface area contributed by atoms with Crippen molar-refractivity contribution in [1.82, 2.24) is 9.80 Å². The smallest absolute Gasteiger partial charge is 0.235 e. The van der Waals surface area contributed by atoms with Gasteiger partial charge in [-0.2, -0.15) is 0 Å². The van der Waals surface area contributed by atoms with Gasteiger partial charge < -0.3 is 9.74 Å². The van der Waals surface area contributed by atoms with E-state index in [1.807, 2.05) is 35.2 Å². The first kappa shape index (κ1) is 21.2. The highest BCUT2D eigenvalue weighted by Gasteiger charge is 2.60. The third kappa shape index (κ3) is 4.44. The van der Waals surface area contributed by atoms with Gasteiger partial charge in [0.15, 0.2) is 0 Å². The van der Waals surface area contributed by atoms with E-state index in [1.165, 1.54) is 45.0 Å². The molecule has 5 nitrogen and oxygen atoms in total. The van der Waals surface area contributed by atoms with Crippen molar-refractivity contribution < 1.29 is 9.63 Å². The molecule has 0 unspecified atom stereocenters. The Morgan fingerprint density at radius 2 is 1.50 bits per heavy atom. The maximum atomic E-state index is 12.4. The maximum absolute atomic E-state index is 12.4. The Hall–Kier alpha value is -2.66. The number of likely N-dealkylation sites (tertiary alicyclic amines) is 2. The first-order chi connectivity index (χ1) is 15.6. The molecule has 2 spiro atoms. The molecule has 2 heterocycles. The quantitative estimate of drug-likeness (QED) is 0.656. The topological polar surface area (TPSA) is 45.1 Å². The summed E-state index contributed by atoms with van der Waals surface area (Å²) in [5.41, 5.74) is 3.97. The molecule has 2 saturated carbocycles. The van der Waals surface area contributed by atoms with Gasteiger partial charge in [-0.05, 0) is 55.2 Å². The standard InChI is InChI=1S/C14H16N2O2.C13H17N/c1-18-15-12-10-16(13(17)14(12)7-8-14)9-11-5-3-2-4-6-11;1-2-4-12(5-3-1)10-14-9-8-13(11-14)6-7-13/h2-6H,7-10H2,1H3;1-5H,6-11H2/b15-12+;. The van der Waals surface area contributed by atoms with Crippen LogP contribution in [0.25, 0.3) is 0 Å². The molecule has 4 aliphatic rings. The number of carbonyl (C=O) groups is 1. The number of amides is 1. The SMILES string of the molecule is CO/N=C1\CN(Cc2ccccc2)C(=O)C12CC2.c1ccc(CN2CCC3(CC3)C2)cc1. The molecule has 32 heavy (non-hydrogen) atoms. The summed E-state index contributed by atoms with van der Waals surface area (Å²) in [6, 6.07) is 20.9. The van der Waals surface area contributed by atoms with Crippen LogP contribution in [0.3, 0.4) is 0 Å². The summed E-state index contributed by atoms with van der Waals surface area (Å²) in [6.07, 6.45) is 6.25. The second-order valence-corrected chi connectivity index (χ2v) is 9.90. The van der Waals surface area contributed by atoms with Crippen molar-refractivity contribution in [2.45, 2.75) is 45.2 Å². The van der Waals surface area contributed by atoms with Crippen LogP contribution in [0.15, 0.2) is 65.8 Å². The minimum absolute atomic E-state index is 0.210. The van der Waals surface area contributed by atoms with Gasteiger partial charge in [-0.15, -0.1) is 0 Å². The number of hydrogen-bond donors (Lipinski definition) is 0. The molecule has 2 aliphatic heterocycles. The summed E-state index contributed by atoms with van der Waals surface area (Å²) in [6.45, 7) is 5.07. The first-order valence-corrected chi connectivity index (χ1v) is 11.8. The Morgan fingerprint density at radius 1 is 0.875 bits per heavy atom. The fourth-order valence-electron chi connectivity index (χ4n) is 5.20. The number of rotatable bonds is 5. The summed E-state index contributed by atoms with van der Waals surface area (Å²) in [5.74, 6) is 0.210. The summed E-state index contributed by atoms with van der Waals surface area (Å²) >= 11 is 0. The molecular formula is C27H33N3O2. The van der Waals surface area contributed by atoms with Gasteiger partial charge in [0.2, 0.25) is 5.91 Å². The summed E-state index contributed by atoms with van der Waals surface area (Å²) in [4.78, 5) is 21.7. The minimum Gasteiger partial charge on any atom is -0.399 e. The van der Waals surface area contributed by atoms with Crippen LogP contribution in [0.1, 0.15) is 43.2 Å². The molecule has 168 valence electrons. The van der Waals surface area contributed by atoms with E-state index in [9.17, 15) is 4.79 Å². The van der Waals surface area contributed by atoms with E-state index in [-0.39, 0.29) is 11.3 Å². The Morgan fingerprint density at radius 3 is 2.03 bits per heavy atom. The van der Waals surface area contributed by atoms with Gasteiger partial charge in [0.05, 0.1) is 17.7 Å². The fraction of sp³-hybridized carbons (Fsp3) is 0.481. The lowest BCUT2D eigenvalue weighted by Gasteiger charge is -2.15. The monoisotopic (exact) mass is 431 g/mol. The molecule has 2 aliphatic carbocycles. The van der Waals surface area contributed by atoms with Crippen LogP contribution in [0, 0.1) is 10.8 Å². The van der Waals surface area contributed by atoms with Gasteiger partial charge in [0.25, 0.3) is 0 Å². The van der Waals surface area contributed by atoms with Gasteiger partial charge in [-0.25, -0.2) is 0 Å². The number of oxime groups is 1. The molecule has 0 N–H and O–H groups in total. The van der Waals surface area contributed by atoms with Crippen LogP contribution < -0.4 is 0 Å². The van der Waals surface area contributed by atoms with Crippen molar-refractivity contribution in [3.8, 4) is 0 Å². The second kappa shape index (κ2) is 8.70. The largest absolute Gasteiger partial charge is 0.399 e. The summed E-state index contributed by atoms with van der Waals surface area (Å²) in [5, 5.41) is 4.04. The fourth-order valence-corrected chi connectivity index (χ4v) is 5.20. The predicted octanol–water partition coefficient (Wildman–Crippen LogP) is 4.48. The first-order valence-electron chi connectivity index (χ1n) is 11.8.